The number of halogens is 20. The van der Waals surface area contributed by atoms with Crippen LogP contribution in [0.4, 0.5) is 87.8 Å². The molecule has 0 saturated carbocycles. The van der Waals surface area contributed by atoms with Gasteiger partial charge in [-0.15, -0.1) is 21.9 Å². The Morgan fingerprint density at radius 2 is 0.814 bits per heavy atom. The number of aromatic nitrogens is 2. The van der Waals surface area contributed by atoms with Gasteiger partial charge in [-0.2, -0.15) is 4.57 Å². The van der Waals surface area contributed by atoms with Crippen molar-refractivity contribution in [2.24, 2.45) is 0 Å². The summed E-state index contributed by atoms with van der Waals surface area (Å²) in [5.74, 6) is -70.9. The standard InChI is InChI=1S/C24BF20.C21H17N2O2/c26-5-1(6(27)14(35)21(42)13(5)34)25(2-7(28)15(36)22(43)16(37)8(2)29,3-9(30)17(38)23(44)18(39)10(3)31)4-11(32)19(40)24(45)20(41)12(4)33;24-19(17-7-2-1-3-8-17)14-23-13-12-22-21(15-23)25-20-11-10-16-6-4-5-9-18(16)20/h;1-13,15,20H,14H2/q-1;+1. The number of ether oxygens (including phenoxy) is 1. The second-order valence-corrected chi connectivity index (χ2v) is 14.7. The van der Waals surface area contributed by atoms with E-state index in [2.05, 4.69) is 23.2 Å². The number of hydrogen-bond donors (Lipinski definition) is 0. The van der Waals surface area contributed by atoms with Gasteiger partial charge < -0.3 is 4.74 Å². The van der Waals surface area contributed by atoms with E-state index in [4.69, 9.17) is 4.74 Å². The number of carbonyl (C=O) groups is 1. The number of ketones is 1. The van der Waals surface area contributed by atoms with Crippen molar-refractivity contribution in [2.75, 3.05) is 0 Å². The van der Waals surface area contributed by atoms with Gasteiger partial charge >= 0.3 is 0 Å². The highest BCUT2D eigenvalue weighted by Gasteiger charge is 2.52. The summed E-state index contributed by atoms with van der Waals surface area (Å²) < 4.78 is 302. The first-order valence-electron chi connectivity index (χ1n) is 19.1. The minimum atomic E-state index is -7.22. The van der Waals surface area contributed by atoms with E-state index in [1.165, 1.54) is 0 Å². The molecule has 0 amide bonds. The molecule has 8 rings (SSSR count). The molecule has 1 heterocycles. The number of Topliss-reactive ketones (excluding diaryl/α,β-unsaturated/α-hetero) is 1. The summed E-state index contributed by atoms with van der Waals surface area (Å²) in [6, 6.07) is 17.4. The summed E-state index contributed by atoms with van der Waals surface area (Å²) in [6.07, 6.45) is 1.88. The Morgan fingerprint density at radius 1 is 0.471 bits per heavy atom. The Kier molecular flexibility index (Phi) is 13.6. The van der Waals surface area contributed by atoms with Gasteiger partial charge in [0.15, 0.2) is 76.0 Å². The third kappa shape index (κ3) is 8.04. The molecule has 0 radical (unpaired) electrons. The minimum absolute atomic E-state index is 0.0499. The number of rotatable bonds is 9. The van der Waals surface area contributed by atoms with E-state index >= 15 is 35.1 Å². The molecule has 1 atom stereocenters. The minimum Gasteiger partial charge on any atom is -0.461 e. The fourth-order valence-electron chi connectivity index (χ4n) is 7.77. The molecule has 0 N–H and O–H groups in total. The molecular formula is C45H17BF20N2O2. The zero-order chi connectivity index (χ0) is 51.4. The fourth-order valence-corrected chi connectivity index (χ4v) is 7.77. The monoisotopic (exact) mass is 1010 g/mol. The van der Waals surface area contributed by atoms with E-state index in [0.717, 1.165) is 11.1 Å². The van der Waals surface area contributed by atoms with Crippen molar-refractivity contribution in [2.45, 2.75) is 12.6 Å². The molecule has 7 aromatic rings. The zero-order valence-electron chi connectivity index (χ0n) is 33.7. The molecule has 6 aromatic carbocycles. The van der Waals surface area contributed by atoms with Crippen LogP contribution in [0.2, 0.25) is 0 Å². The highest BCUT2D eigenvalue weighted by atomic mass is 19.2. The van der Waals surface area contributed by atoms with Crippen LogP contribution in [-0.4, -0.2) is 16.9 Å². The van der Waals surface area contributed by atoms with Gasteiger partial charge in [0.2, 0.25) is 18.5 Å². The van der Waals surface area contributed by atoms with Crippen LogP contribution in [0.5, 0.6) is 5.88 Å². The van der Waals surface area contributed by atoms with E-state index in [9.17, 15) is 57.5 Å². The second kappa shape index (κ2) is 19.0. The first-order valence-corrected chi connectivity index (χ1v) is 19.1. The third-order valence-electron chi connectivity index (χ3n) is 10.9. The smallest absolute Gasteiger partial charge is 0.280 e. The first kappa shape index (κ1) is 50.2. The Hall–Kier alpha value is -7.73. The van der Waals surface area contributed by atoms with Crippen molar-refractivity contribution < 1.29 is 102 Å². The van der Waals surface area contributed by atoms with Crippen molar-refractivity contribution >= 4 is 39.9 Å². The van der Waals surface area contributed by atoms with Gasteiger partial charge in [0.1, 0.15) is 58.8 Å². The molecule has 0 spiro atoms. The van der Waals surface area contributed by atoms with Crippen LogP contribution in [0.3, 0.4) is 0 Å². The normalized spacial score (nSPS) is 13.1. The number of nitrogens with zero attached hydrogens (tertiary/aromatic N) is 2. The number of carbonyl (C=O) groups excluding carboxylic acids is 1. The molecule has 4 nitrogen and oxygen atoms in total. The maximum atomic E-state index is 15.4. The molecule has 1 aromatic heterocycles. The number of fused-ring (bicyclic) bond motifs is 1. The van der Waals surface area contributed by atoms with Crippen LogP contribution >= 0.6 is 0 Å². The van der Waals surface area contributed by atoms with E-state index in [0.29, 0.717) is 11.4 Å². The highest BCUT2D eigenvalue weighted by molar-refractivity contribution is 7.20. The summed E-state index contributed by atoms with van der Waals surface area (Å²) >= 11 is 0. The van der Waals surface area contributed by atoms with Crippen molar-refractivity contribution in [1.29, 1.82) is 0 Å². The summed E-state index contributed by atoms with van der Waals surface area (Å²) in [6.45, 7) is 0.250. The first-order chi connectivity index (χ1) is 33.0. The van der Waals surface area contributed by atoms with E-state index in [1.807, 2.05) is 48.5 Å². The average Bonchev–Trinajstić information content (AvgIpc) is 3.76. The molecule has 0 fully saturated rings. The number of hydrogen-bond acceptors (Lipinski definition) is 3. The van der Waals surface area contributed by atoms with E-state index in [1.54, 1.807) is 23.2 Å². The topological polar surface area (TPSA) is 43.1 Å². The Morgan fingerprint density at radius 3 is 1.20 bits per heavy atom. The molecule has 1 unspecified atom stereocenters. The lowest BCUT2D eigenvalue weighted by atomic mass is 9.12. The molecule has 362 valence electrons. The van der Waals surface area contributed by atoms with Gasteiger partial charge in [-0.05, 0) is 11.6 Å². The van der Waals surface area contributed by atoms with E-state index in [-0.39, 0.29) is 18.4 Å². The predicted octanol–water partition coefficient (Wildman–Crippen LogP) is 9.24. The second-order valence-electron chi connectivity index (χ2n) is 14.7. The zero-order valence-corrected chi connectivity index (χ0v) is 33.7. The van der Waals surface area contributed by atoms with Crippen LogP contribution in [0.25, 0.3) is 6.08 Å². The van der Waals surface area contributed by atoms with Crippen LogP contribution in [-0.2, 0) is 6.54 Å². The molecule has 0 aliphatic heterocycles. The molecule has 0 bridgehead atoms. The summed E-state index contributed by atoms with van der Waals surface area (Å²) in [5.41, 5.74) is -11.3. The Labute approximate surface area is 377 Å². The Bertz CT molecular complexity index is 2940. The third-order valence-corrected chi connectivity index (χ3v) is 10.9. The van der Waals surface area contributed by atoms with E-state index < -0.39 is 144 Å². The Balaban J connectivity index is 0.000000242. The predicted molar refractivity (Wildman–Crippen MR) is 203 cm³/mol. The summed E-state index contributed by atoms with van der Waals surface area (Å²) in [5, 5.41) is 0. The van der Waals surface area contributed by atoms with Gasteiger partial charge in [0.25, 0.3) is 5.88 Å². The maximum absolute atomic E-state index is 15.4. The van der Waals surface area contributed by atoms with Crippen molar-refractivity contribution in [1.82, 2.24) is 4.98 Å². The molecule has 1 aliphatic carbocycles. The van der Waals surface area contributed by atoms with Crippen LogP contribution in [0.1, 0.15) is 27.6 Å². The lowest BCUT2D eigenvalue weighted by Crippen LogP contribution is -2.81. The molecule has 70 heavy (non-hydrogen) atoms. The van der Waals surface area contributed by atoms with Gasteiger partial charge in [0, 0.05) is 11.1 Å². The molecule has 25 heteroatoms. The SMILES string of the molecule is Fc1c(F)c(F)c([B-](c2c(F)c(F)c(F)c(F)c2F)(c2c(F)c(F)c(F)c(F)c2F)c2c(F)c(F)c(F)c(F)c2F)c(F)c1F.O=C(C[n+]1ccnc(OC2C=Cc3ccccc32)c1)c1ccccc1. The molecule has 1 aliphatic rings. The van der Waals surface area contributed by atoms with Crippen LogP contribution in [0, 0.1) is 116 Å². The van der Waals surface area contributed by atoms with Gasteiger partial charge in [0.05, 0.1) is 6.20 Å². The number of benzene rings is 6. The van der Waals surface area contributed by atoms with Gasteiger partial charge in [-0.25, -0.2) is 92.8 Å². The summed E-state index contributed by atoms with van der Waals surface area (Å²) in [7, 11) is 0. The van der Waals surface area contributed by atoms with Crippen LogP contribution in [0.15, 0.2) is 79.3 Å². The van der Waals surface area contributed by atoms with Crippen molar-refractivity contribution in [3.05, 3.63) is 212 Å². The van der Waals surface area contributed by atoms with Crippen LogP contribution < -0.4 is 31.2 Å². The molecule has 0 saturated heterocycles. The fraction of sp³-hybridized carbons (Fsp3) is 0.0444. The van der Waals surface area contributed by atoms with Gasteiger partial charge in [-0.3, -0.25) is 4.79 Å². The van der Waals surface area contributed by atoms with Crippen molar-refractivity contribution in [3.8, 4) is 5.88 Å². The van der Waals surface area contributed by atoms with Crippen molar-refractivity contribution in [3.63, 3.8) is 0 Å². The highest BCUT2D eigenvalue weighted by Crippen LogP contribution is 2.33. The molecular weight excluding hydrogens is 991 g/mol. The van der Waals surface area contributed by atoms with Gasteiger partial charge in [-0.1, -0.05) is 60.7 Å². The maximum Gasteiger partial charge on any atom is 0.280 e. The summed E-state index contributed by atoms with van der Waals surface area (Å²) in [4.78, 5) is 16.6. The average molecular weight is 1010 g/mol. The quantitative estimate of drug-likeness (QED) is 0.0362. The lowest BCUT2D eigenvalue weighted by molar-refractivity contribution is -0.684. The largest absolute Gasteiger partial charge is 0.461 e. The lowest BCUT2D eigenvalue weighted by Gasteiger charge is -2.44.